The van der Waals surface area contributed by atoms with Gasteiger partial charge < -0.3 is 10.2 Å². The van der Waals surface area contributed by atoms with E-state index in [0.717, 1.165) is 25.9 Å². The van der Waals surface area contributed by atoms with Gasteiger partial charge in [0.15, 0.2) is 0 Å². The van der Waals surface area contributed by atoms with Crippen LogP contribution in [0.5, 0.6) is 0 Å². The molecule has 1 N–H and O–H groups in total. The lowest BCUT2D eigenvalue weighted by atomic mass is 10.3. The highest BCUT2D eigenvalue weighted by Crippen LogP contribution is 2.13. The van der Waals surface area contributed by atoms with Crippen molar-refractivity contribution in [2.45, 2.75) is 26.7 Å². The Bertz CT molecular complexity index is 524. The van der Waals surface area contributed by atoms with Crippen LogP contribution in [-0.4, -0.2) is 49.9 Å². The highest BCUT2D eigenvalue weighted by atomic mass is 15.4. The van der Waals surface area contributed by atoms with Gasteiger partial charge >= 0.3 is 0 Å². The van der Waals surface area contributed by atoms with Gasteiger partial charge in [0, 0.05) is 20.1 Å². The van der Waals surface area contributed by atoms with Crippen LogP contribution in [0.2, 0.25) is 0 Å². The fraction of sp³-hybridized carbons (Fsp3) is 0.583. The van der Waals surface area contributed by atoms with Gasteiger partial charge in [0.05, 0.1) is 0 Å². The van der Waals surface area contributed by atoms with Gasteiger partial charge in [0.2, 0.25) is 11.9 Å². The normalized spacial score (nSPS) is 10.6. The monoisotopic (exact) mass is 276 g/mol. The average molecular weight is 276 g/mol. The van der Waals surface area contributed by atoms with E-state index >= 15 is 0 Å². The Hall–Kier alpha value is -2.25. The second-order valence-corrected chi connectivity index (χ2v) is 4.28. The molecule has 8 heteroatoms. The fourth-order valence-corrected chi connectivity index (χ4v) is 1.77. The molecule has 0 spiro atoms. The molecule has 0 saturated heterocycles. The Kier molecular flexibility index (Phi) is 4.80. The van der Waals surface area contributed by atoms with E-state index in [4.69, 9.17) is 0 Å². The second kappa shape index (κ2) is 6.78. The molecule has 0 fully saturated rings. The van der Waals surface area contributed by atoms with Crippen molar-refractivity contribution >= 4 is 11.9 Å². The van der Waals surface area contributed by atoms with Gasteiger partial charge in [0.1, 0.15) is 12.7 Å². The van der Waals surface area contributed by atoms with Crippen LogP contribution in [0.4, 0.5) is 11.9 Å². The third-order valence-corrected chi connectivity index (χ3v) is 2.91. The number of hydrogen-bond donors (Lipinski definition) is 1. The van der Waals surface area contributed by atoms with Crippen molar-refractivity contribution in [3.05, 3.63) is 12.7 Å². The standard InChI is InChI=1S/C12H20N8/c1-4-6-7-19(5-2)11-16-10(13-3)17-12(18-11)20-9-14-8-15-20/h8-9H,4-7H2,1-3H3,(H,13,16,17,18). The smallest absolute Gasteiger partial charge is 0.258 e. The lowest BCUT2D eigenvalue weighted by molar-refractivity contribution is 0.702. The molecule has 0 saturated carbocycles. The summed E-state index contributed by atoms with van der Waals surface area (Å²) in [6.07, 6.45) is 5.27. The summed E-state index contributed by atoms with van der Waals surface area (Å²) in [5.74, 6) is 1.65. The highest BCUT2D eigenvalue weighted by molar-refractivity contribution is 5.39. The van der Waals surface area contributed by atoms with E-state index < -0.39 is 0 Å². The van der Waals surface area contributed by atoms with Crippen LogP contribution in [0.25, 0.3) is 5.95 Å². The van der Waals surface area contributed by atoms with Crippen molar-refractivity contribution < 1.29 is 0 Å². The van der Waals surface area contributed by atoms with E-state index in [1.165, 1.54) is 11.0 Å². The van der Waals surface area contributed by atoms with Crippen molar-refractivity contribution in [3.63, 3.8) is 0 Å². The molecule has 0 unspecified atom stereocenters. The summed E-state index contributed by atoms with van der Waals surface area (Å²) in [4.78, 5) is 19.2. The Morgan fingerprint density at radius 2 is 2.10 bits per heavy atom. The van der Waals surface area contributed by atoms with E-state index in [0.29, 0.717) is 17.8 Å². The summed E-state index contributed by atoms with van der Waals surface area (Å²) in [7, 11) is 1.78. The zero-order valence-electron chi connectivity index (χ0n) is 12.1. The van der Waals surface area contributed by atoms with Crippen LogP contribution < -0.4 is 10.2 Å². The largest absolute Gasteiger partial charge is 0.357 e. The molecule has 0 aromatic carbocycles. The van der Waals surface area contributed by atoms with Crippen LogP contribution in [0.15, 0.2) is 12.7 Å². The van der Waals surface area contributed by atoms with Crippen molar-refractivity contribution in [1.82, 2.24) is 29.7 Å². The van der Waals surface area contributed by atoms with E-state index in [-0.39, 0.29) is 0 Å². The van der Waals surface area contributed by atoms with E-state index in [9.17, 15) is 0 Å². The van der Waals surface area contributed by atoms with Gasteiger partial charge in [-0.05, 0) is 13.3 Å². The molecule has 2 aromatic heterocycles. The first-order chi connectivity index (χ1) is 9.78. The van der Waals surface area contributed by atoms with Crippen molar-refractivity contribution in [2.75, 3.05) is 30.4 Å². The molecule has 0 aliphatic carbocycles. The molecule has 0 aliphatic heterocycles. The van der Waals surface area contributed by atoms with E-state index in [1.54, 1.807) is 13.4 Å². The van der Waals surface area contributed by atoms with Gasteiger partial charge in [-0.3, -0.25) is 0 Å². The van der Waals surface area contributed by atoms with Gasteiger partial charge in [0.25, 0.3) is 5.95 Å². The average Bonchev–Trinajstić information content (AvgIpc) is 3.02. The number of unbranched alkanes of at least 4 members (excludes halogenated alkanes) is 1. The van der Waals surface area contributed by atoms with Crippen molar-refractivity contribution in [1.29, 1.82) is 0 Å². The zero-order valence-corrected chi connectivity index (χ0v) is 12.1. The van der Waals surface area contributed by atoms with Crippen molar-refractivity contribution in [3.8, 4) is 5.95 Å². The Labute approximate surface area is 118 Å². The molecular formula is C12H20N8. The fourth-order valence-electron chi connectivity index (χ4n) is 1.77. The van der Waals surface area contributed by atoms with Gasteiger partial charge in [-0.15, -0.1) is 0 Å². The SMILES string of the molecule is CCCCN(CC)c1nc(NC)nc(-n2cncn2)n1. The van der Waals surface area contributed by atoms with E-state index in [2.05, 4.69) is 49.1 Å². The molecular weight excluding hydrogens is 256 g/mol. The van der Waals surface area contributed by atoms with Gasteiger partial charge in [-0.1, -0.05) is 13.3 Å². The molecule has 2 rings (SSSR count). The Morgan fingerprint density at radius 1 is 1.25 bits per heavy atom. The van der Waals surface area contributed by atoms with Crippen LogP contribution in [-0.2, 0) is 0 Å². The number of hydrogen-bond acceptors (Lipinski definition) is 7. The number of aromatic nitrogens is 6. The molecule has 0 amide bonds. The van der Waals surface area contributed by atoms with Gasteiger partial charge in [-0.25, -0.2) is 4.98 Å². The van der Waals surface area contributed by atoms with E-state index in [1.807, 2.05) is 0 Å². The van der Waals surface area contributed by atoms with Gasteiger partial charge in [-0.2, -0.15) is 24.7 Å². The third kappa shape index (κ3) is 3.19. The minimum atomic E-state index is 0.465. The first-order valence-corrected chi connectivity index (χ1v) is 6.82. The summed E-state index contributed by atoms with van der Waals surface area (Å²) in [6, 6.07) is 0. The number of rotatable bonds is 7. The lowest BCUT2D eigenvalue weighted by Gasteiger charge is -2.21. The van der Waals surface area contributed by atoms with Crippen LogP contribution in [0.1, 0.15) is 26.7 Å². The maximum absolute atomic E-state index is 4.47. The molecule has 0 radical (unpaired) electrons. The molecule has 0 aliphatic rings. The number of nitrogens with zero attached hydrogens (tertiary/aromatic N) is 7. The minimum Gasteiger partial charge on any atom is -0.357 e. The molecule has 0 atom stereocenters. The molecule has 0 bridgehead atoms. The number of nitrogens with one attached hydrogen (secondary N) is 1. The predicted molar refractivity (Wildman–Crippen MR) is 77.1 cm³/mol. The third-order valence-electron chi connectivity index (χ3n) is 2.91. The molecule has 2 aromatic rings. The topological polar surface area (TPSA) is 84.7 Å². The van der Waals surface area contributed by atoms with Crippen molar-refractivity contribution in [2.24, 2.45) is 0 Å². The Morgan fingerprint density at radius 3 is 2.70 bits per heavy atom. The van der Waals surface area contributed by atoms with Crippen LogP contribution in [0.3, 0.4) is 0 Å². The molecule has 8 nitrogen and oxygen atoms in total. The minimum absolute atomic E-state index is 0.465. The maximum Gasteiger partial charge on any atom is 0.258 e. The predicted octanol–water partition coefficient (Wildman–Crippen LogP) is 1.12. The summed E-state index contributed by atoms with van der Waals surface area (Å²) in [5, 5.41) is 7.01. The quantitative estimate of drug-likeness (QED) is 0.811. The summed E-state index contributed by atoms with van der Waals surface area (Å²) >= 11 is 0. The zero-order chi connectivity index (χ0) is 14.4. The first-order valence-electron chi connectivity index (χ1n) is 6.82. The molecule has 20 heavy (non-hydrogen) atoms. The summed E-state index contributed by atoms with van der Waals surface area (Å²) < 4.78 is 1.53. The lowest BCUT2D eigenvalue weighted by Crippen LogP contribution is -2.27. The summed E-state index contributed by atoms with van der Waals surface area (Å²) in [6.45, 7) is 6.04. The maximum atomic E-state index is 4.47. The molecule has 2 heterocycles. The number of anilines is 2. The van der Waals surface area contributed by atoms with Crippen LogP contribution in [0, 0.1) is 0 Å². The van der Waals surface area contributed by atoms with Crippen LogP contribution >= 0.6 is 0 Å². The Balaban J connectivity index is 2.34. The summed E-state index contributed by atoms with van der Waals surface area (Å²) in [5.41, 5.74) is 0. The first kappa shape index (κ1) is 14.2. The highest BCUT2D eigenvalue weighted by Gasteiger charge is 2.12. The molecule has 108 valence electrons. The second-order valence-electron chi connectivity index (χ2n) is 4.28.